The first kappa shape index (κ1) is 12.0. The van der Waals surface area contributed by atoms with E-state index in [1.54, 1.807) is 5.38 Å². The quantitative estimate of drug-likeness (QED) is 0.657. The fraction of sp³-hybridized carbons (Fsp3) is 0.0833. The average molecular weight is 268 g/mol. The highest BCUT2D eigenvalue weighted by molar-refractivity contribution is 7.17. The van der Waals surface area contributed by atoms with Gasteiger partial charge in [-0.25, -0.2) is 0 Å². The topological polar surface area (TPSA) is 53.1 Å². The van der Waals surface area contributed by atoms with Crippen molar-refractivity contribution in [3.63, 3.8) is 0 Å². The van der Waals surface area contributed by atoms with Crippen molar-refractivity contribution in [2.75, 3.05) is 0 Å². The van der Waals surface area contributed by atoms with Gasteiger partial charge in [0.15, 0.2) is 0 Å². The van der Waals surface area contributed by atoms with Crippen LogP contribution in [0.4, 0.5) is 0 Å². The molecule has 0 aliphatic heterocycles. The predicted molar refractivity (Wildman–Crippen MR) is 73.6 cm³/mol. The zero-order valence-electron chi connectivity index (χ0n) is 8.98. The van der Waals surface area contributed by atoms with Gasteiger partial charge in [0.2, 0.25) is 0 Å². The van der Waals surface area contributed by atoms with Crippen molar-refractivity contribution in [2.24, 2.45) is 0 Å². The van der Waals surface area contributed by atoms with Crippen LogP contribution in [0, 0.1) is 6.92 Å². The number of para-hydroxylation sites is 1. The lowest BCUT2D eigenvalue weighted by molar-refractivity contribution is 0.484. The van der Waals surface area contributed by atoms with Gasteiger partial charge >= 0.3 is 0 Å². The lowest BCUT2D eigenvalue weighted by Crippen LogP contribution is -2.04. The summed E-state index contributed by atoms with van der Waals surface area (Å²) in [5.41, 5.74) is 1.66. The molecule has 2 aromatic heterocycles. The fourth-order valence-electron chi connectivity index (χ4n) is 1.99. The summed E-state index contributed by atoms with van der Waals surface area (Å²) < 4.78 is 0.579. The van der Waals surface area contributed by atoms with Crippen LogP contribution in [-0.2, 0) is 0 Å². The van der Waals surface area contributed by atoms with Gasteiger partial charge in [0.25, 0.3) is 5.56 Å². The molecule has 3 aromatic rings. The number of H-pyrrole nitrogens is 1. The van der Waals surface area contributed by atoms with Gasteiger partial charge < -0.3 is 10.1 Å². The smallest absolute Gasteiger partial charge is 0.266 e. The van der Waals surface area contributed by atoms with Gasteiger partial charge in [-0.15, -0.1) is 23.7 Å². The minimum Gasteiger partial charge on any atom is -0.506 e. The molecule has 0 bridgehead atoms. The maximum atomic E-state index is 11.8. The molecule has 0 saturated carbocycles. The van der Waals surface area contributed by atoms with Crippen molar-refractivity contribution in [1.82, 2.24) is 4.98 Å². The fourth-order valence-corrected chi connectivity index (χ4v) is 2.83. The number of aromatic nitrogens is 1. The molecule has 3 rings (SSSR count). The number of aromatic amines is 1. The van der Waals surface area contributed by atoms with E-state index in [1.807, 2.05) is 25.1 Å². The third-order valence-corrected chi connectivity index (χ3v) is 3.72. The summed E-state index contributed by atoms with van der Waals surface area (Å²) in [4.78, 5) is 14.7. The van der Waals surface area contributed by atoms with Gasteiger partial charge in [-0.1, -0.05) is 18.2 Å². The van der Waals surface area contributed by atoms with Crippen LogP contribution >= 0.6 is 23.7 Å². The summed E-state index contributed by atoms with van der Waals surface area (Å²) in [6.45, 7) is 1.94. The second-order valence-electron chi connectivity index (χ2n) is 3.78. The normalized spacial score (nSPS) is 10.6. The third-order valence-electron chi connectivity index (χ3n) is 2.76. The highest BCUT2D eigenvalue weighted by Crippen LogP contribution is 2.34. The molecule has 0 saturated heterocycles. The Kier molecular flexibility index (Phi) is 2.85. The molecule has 2 heterocycles. The van der Waals surface area contributed by atoms with Gasteiger partial charge in [-0.3, -0.25) is 4.79 Å². The van der Waals surface area contributed by atoms with E-state index in [0.717, 1.165) is 16.5 Å². The van der Waals surface area contributed by atoms with Crippen molar-refractivity contribution >= 4 is 44.7 Å². The number of hydrogen-bond acceptors (Lipinski definition) is 3. The van der Waals surface area contributed by atoms with E-state index in [9.17, 15) is 9.90 Å². The summed E-state index contributed by atoms with van der Waals surface area (Å²) in [5.74, 6) is 0.182. The Morgan fingerprint density at radius 1 is 1.35 bits per heavy atom. The number of benzene rings is 1. The Hall–Kier alpha value is -1.52. The van der Waals surface area contributed by atoms with Crippen LogP contribution in [0.2, 0.25) is 0 Å². The molecule has 0 fully saturated rings. The molecule has 3 nitrogen and oxygen atoms in total. The minimum atomic E-state index is -0.137. The van der Waals surface area contributed by atoms with E-state index in [0.29, 0.717) is 10.1 Å². The molecule has 0 unspecified atom stereocenters. The second kappa shape index (κ2) is 4.05. The van der Waals surface area contributed by atoms with Crippen molar-refractivity contribution < 1.29 is 5.11 Å². The lowest BCUT2D eigenvalue weighted by atomic mass is 10.1. The molecule has 0 atom stereocenters. The van der Waals surface area contributed by atoms with E-state index in [-0.39, 0.29) is 23.7 Å². The maximum absolute atomic E-state index is 11.8. The Morgan fingerprint density at radius 2 is 2.12 bits per heavy atom. The standard InChI is InChI=1S/C12H9NO2S.ClH/c1-6-3-2-4-7-9-8(14)5-16-11(9)12(15)13-10(6)7;/h2-5,14H,1H3,(H,13,15);1H. The predicted octanol–water partition coefficient (Wildman–Crippen LogP) is 3.18. The summed E-state index contributed by atoms with van der Waals surface area (Å²) in [6.07, 6.45) is 0. The molecule has 88 valence electrons. The Bertz CT molecular complexity index is 760. The van der Waals surface area contributed by atoms with Crippen LogP contribution in [-0.4, -0.2) is 10.1 Å². The summed E-state index contributed by atoms with van der Waals surface area (Å²) in [7, 11) is 0. The van der Waals surface area contributed by atoms with Crippen LogP contribution in [0.5, 0.6) is 5.75 Å². The second-order valence-corrected chi connectivity index (χ2v) is 4.66. The molecule has 17 heavy (non-hydrogen) atoms. The largest absolute Gasteiger partial charge is 0.506 e. The van der Waals surface area contributed by atoms with Crippen LogP contribution in [0.15, 0.2) is 28.4 Å². The number of aromatic hydroxyl groups is 1. The van der Waals surface area contributed by atoms with Crippen molar-refractivity contribution in [3.05, 3.63) is 39.5 Å². The molecule has 0 spiro atoms. The molecule has 5 heteroatoms. The third kappa shape index (κ3) is 1.61. The number of rotatable bonds is 0. The molecule has 2 N–H and O–H groups in total. The van der Waals surface area contributed by atoms with Gasteiger partial charge in [0.05, 0.1) is 5.52 Å². The first-order valence-electron chi connectivity index (χ1n) is 4.90. The molecular weight excluding hydrogens is 258 g/mol. The number of nitrogens with one attached hydrogen (secondary N) is 1. The first-order chi connectivity index (χ1) is 7.68. The molecule has 0 amide bonds. The number of hydrogen-bond donors (Lipinski definition) is 2. The zero-order valence-corrected chi connectivity index (χ0v) is 10.6. The van der Waals surface area contributed by atoms with E-state index in [4.69, 9.17) is 0 Å². The molecular formula is C12H10ClNO2S. The van der Waals surface area contributed by atoms with Crippen molar-refractivity contribution in [1.29, 1.82) is 0 Å². The highest BCUT2D eigenvalue weighted by Gasteiger charge is 2.11. The van der Waals surface area contributed by atoms with Gasteiger partial charge in [0, 0.05) is 16.2 Å². The van der Waals surface area contributed by atoms with Gasteiger partial charge in [-0.2, -0.15) is 0 Å². The van der Waals surface area contributed by atoms with E-state index >= 15 is 0 Å². The maximum Gasteiger partial charge on any atom is 0.266 e. The summed E-state index contributed by atoms with van der Waals surface area (Å²) in [6, 6.07) is 5.77. The van der Waals surface area contributed by atoms with Crippen molar-refractivity contribution in [2.45, 2.75) is 6.92 Å². The van der Waals surface area contributed by atoms with E-state index in [2.05, 4.69) is 4.98 Å². The van der Waals surface area contributed by atoms with Crippen molar-refractivity contribution in [3.8, 4) is 5.75 Å². The van der Waals surface area contributed by atoms with Crippen LogP contribution in [0.1, 0.15) is 5.56 Å². The average Bonchev–Trinajstić information content (AvgIpc) is 2.64. The number of fused-ring (bicyclic) bond motifs is 3. The number of aryl methyl sites for hydroxylation is 1. The Morgan fingerprint density at radius 3 is 2.88 bits per heavy atom. The number of halogens is 1. The lowest BCUT2D eigenvalue weighted by Gasteiger charge is -2.03. The monoisotopic (exact) mass is 267 g/mol. The molecule has 0 aliphatic carbocycles. The summed E-state index contributed by atoms with van der Waals surface area (Å²) >= 11 is 1.27. The Balaban J connectivity index is 0.00000108. The minimum absolute atomic E-state index is 0. The first-order valence-corrected chi connectivity index (χ1v) is 5.78. The molecule has 0 aliphatic rings. The number of thiophene rings is 1. The Labute approximate surface area is 107 Å². The van der Waals surface area contributed by atoms with Gasteiger partial charge in [0.1, 0.15) is 10.4 Å². The summed E-state index contributed by atoms with van der Waals surface area (Å²) in [5, 5.41) is 12.9. The molecule has 0 radical (unpaired) electrons. The zero-order chi connectivity index (χ0) is 11.3. The van der Waals surface area contributed by atoms with E-state index in [1.165, 1.54) is 11.3 Å². The number of pyridine rings is 1. The SMILES string of the molecule is Cc1cccc2c1[nH]c(=O)c1scc(O)c12.Cl. The van der Waals surface area contributed by atoms with Crippen LogP contribution in [0.3, 0.4) is 0 Å². The van der Waals surface area contributed by atoms with Gasteiger partial charge in [-0.05, 0) is 12.5 Å². The highest BCUT2D eigenvalue weighted by atomic mass is 35.5. The van der Waals surface area contributed by atoms with Crippen LogP contribution < -0.4 is 5.56 Å². The van der Waals surface area contributed by atoms with Crippen LogP contribution in [0.25, 0.3) is 21.0 Å². The molecule has 1 aromatic carbocycles. The van der Waals surface area contributed by atoms with E-state index < -0.39 is 0 Å².